The summed E-state index contributed by atoms with van der Waals surface area (Å²) in [6.07, 6.45) is 2.17. The van der Waals surface area contributed by atoms with Crippen molar-refractivity contribution in [2.24, 2.45) is 16.2 Å². The van der Waals surface area contributed by atoms with Crippen molar-refractivity contribution in [3.05, 3.63) is 0 Å². The van der Waals surface area contributed by atoms with Gasteiger partial charge in [0.2, 0.25) is 0 Å². The lowest BCUT2D eigenvalue weighted by Gasteiger charge is -2.36. The van der Waals surface area contributed by atoms with E-state index in [0.29, 0.717) is 12.8 Å². The minimum Gasteiger partial charge on any atom is -0.393 e. The molecule has 1 heterocycles. The first-order valence-corrected chi connectivity index (χ1v) is 6.72. The van der Waals surface area contributed by atoms with Gasteiger partial charge in [-0.1, -0.05) is 20.8 Å². The van der Waals surface area contributed by atoms with E-state index in [1.807, 2.05) is 27.7 Å². The lowest BCUT2D eigenvalue weighted by atomic mass is 9.66. The molecule has 106 valence electrons. The van der Waals surface area contributed by atoms with Gasteiger partial charge in [0.05, 0.1) is 23.3 Å². The first-order chi connectivity index (χ1) is 8.56. The summed E-state index contributed by atoms with van der Waals surface area (Å²) in [6, 6.07) is 2.36. The quantitative estimate of drug-likeness (QED) is 0.565. The van der Waals surface area contributed by atoms with Crippen LogP contribution in [0.2, 0.25) is 0 Å². The minimum atomic E-state index is -0.745. The van der Waals surface area contributed by atoms with Crippen molar-refractivity contribution in [2.45, 2.75) is 60.3 Å². The van der Waals surface area contributed by atoms with E-state index in [2.05, 4.69) is 10.8 Å². The van der Waals surface area contributed by atoms with Gasteiger partial charge in [-0.3, -0.25) is 9.59 Å². The summed E-state index contributed by atoms with van der Waals surface area (Å²) in [5, 5.41) is 9.27. The zero-order valence-electron chi connectivity index (χ0n) is 12.5. The van der Waals surface area contributed by atoms with E-state index in [-0.39, 0.29) is 11.8 Å². The summed E-state index contributed by atoms with van der Waals surface area (Å²) in [5.41, 5.74) is -1.34. The molecule has 0 radical (unpaired) electrons. The summed E-state index contributed by atoms with van der Waals surface area (Å²) in [5.74, 6) is -0.873. The highest BCUT2D eigenvalue weighted by molar-refractivity contribution is 5.97. The highest BCUT2D eigenvalue weighted by Gasteiger charge is 2.49. The average Bonchev–Trinajstić information content (AvgIpc) is 2.50. The first-order valence-electron chi connectivity index (χ1n) is 6.72. The van der Waals surface area contributed by atoms with Crippen LogP contribution >= 0.6 is 0 Å². The van der Waals surface area contributed by atoms with E-state index < -0.39 is 22.8 Å². The highest BCUT2D eigenvalue weighted by atomic mass is 16.6. The van der Waals surface area contributed by atoms with Crippen LogP contribution in [0, 0.1) is 27.6 Å². The molecule has 0 saturated carbocycles. The first kappa shape index (κ1) is 15.7. The summed E-state index contributed by atoms with van der Waals surface area (Å²) >= 11 is 0. The Morgan fingerprint density at radius 3 is 2.32 bits per heavy atom. The van der Waals surface area contributed by atoms with Gasteiger partial charge in [-0.25, -0.2) is 0 Å². The molecule has 0 spiro atoms. The van der Waals surface area contributed by atoms with Gasteiger partial charge in [-0.2, -0.15) is 5.26 Å². The van der Waals surface area contributed by atoms with Crippen molar-refractivity contribution in [1.29, 1.82) is 5.26 Å². The molecule has 4 nitrogen and oxygen atoms in total. The van der Waals surface area contributed by atoms with E-state index in [9.17, 15) is 14.9 Å². The largest absolute Gasteiger partial charge is 0.393 e. The molecule has 1 saturated heterocycles. The third kappa shape index (κ3) is 3.56. The second kappa shape index (κ2) is 4.96. The zero-order valence-corrected chi connectivity index (χ0v) is 12.5. The van der Waals surface area contributed by atoms with Gasteiger partial charge < -0.3 is 4.74 Å². The molecule has 19 heavy (non-hydrogen) atoms. The Kier molecular flexibility index (Phi) is 4.09. The molecular formula is C15H23NO3. The molecule has 1 rings (SSSR count). The van der Waals surface area contributed by atoms with E-state index >= 15 is 0 Å². The van der Waals surface area contributed by atoms with E-state index in [4.69, 9.17) is 0 Å². The predicted molar refractivity (Wildman–Crippen MR) is 70.8 cm³/mol. The fourth-order valence-corrected chi connectivity index (χ4v) is 3.21. The van der Waals surface area contributed by atoms with Gasteiger partial charge >= 0.3 is 11.9 Å². The topological polar surface area (TPSA) is 67.2 Å². The van der Waals surface area contributed by atoms with Crippen molar-refractivity contribution >= 4 is 11.9 Å². The van der Waals surface area contributed by atoms with Crippen molar-refractivity contribution < 1.29 is 14.3 Å². The average molecular weight is 265 g/mol. The van der Waals surface area contributed by atoms with Gasteiger partial charge in [0.25, 0.3) is 0 Å². The number of cyclic esters (lactones) is 2. The van der Waals surface area contributed by atoms with Crippen molar-refractivity contribution in [2.75, 3.05) is 0 Å². The summed E-state index contributed by atoms with van der Waals surface area (Å²) < 4.78 is 4.66. The smallest absolute Gasteiger partial charge is 0.320 e. The van der Waals surface area contributed by atoms with Crippen LogP contribution in [0.3, 0.4) is 0 Å². The monoisotopic (exact) mass is 265 g/mol. The van der Waals surface area contributed by atoms with Gasteiger partial charge in [0.15, 0.2) is 0 Å². The number of carbonyl (C=O) groups excluding carboxylic acids is 2. The molecule has 1 aliphatic heterocycles. The molecule has 0 aromatic heterocycles. The normalized spacial score (nSPS) is 26.7. The van der Waals surface area contributed by atoms with Crippen molar-refractivity contribution in [1.82, 2.24) is 0 Å². The molecule has 2 atom stereocenters. The number of carbonyl (C=O) groups is 2. The molecule has 4 heteroatoms. The second-order valence-electron chi connectivity index (χ2n) is 7.04. The SMILES string of the molecule is CCC(C)(C#N)CC(C)(C)CC1(C)CC(=O)OC1=O. The number of rotatable bonds is 5. The minimum absolute atomic E-state index is 0.144. The summed E-state index contributed by atoms with van der Waals surface area (Å²) in [4.78, 5) is 23.0. The number of nitrogens with zero attached hydrogens (tertiary/aromatic N) is 1. The number of ether oxygens (including phenoxy) is 1. The van der Waals surface area contributed by atoms with Crippen LogP contribution in [0.5, 0.6) is 0 Å². The van der Waals surface area contributed by atoms with Gasteiger partial charge in [-0.05, 0) is 38.5 Å². The molecule has 1 fully saturated rings. The molecule has 0 aromatic carbocycles. The van der Waals surface area contributed by atoms with Crippen LogP contribution in [0.25, 0.3) is 0 Å². The number of nitriles is 1. The molecule has 0 aliphatic carbocycles. The summed E-state index contributed by atoms with van der Waals surface area (Å²) in [7, 11) is 0. The standard InChI is InChI=1S/C15H23NO3/c1-6-14(4,10-16)8-13(2,3)9-15(5)7-11(17)19-12(15)18/h6-9H2,1-5H3. The van der Waals surface area contributed by atoms with Gasteiger partial charge in [0, 0.05) is 0 Å². The number of hydrogen-bond acceptors (Lipinski definition) is 4. The van der Waals surface area contributed by atoms with Crippen LogP contribution < -0.4 is 0 Å². The number of hydrogen-bond donors (Lipinski definition) is 0. The molecule has 0 N–H and O–H groups in total. The van der Waals surface area contributed by atoms with Crippen molar-refractivity contribution in [3.63, 3.8) is 0 Å². The van der Waals surface area contributed by atoms with Crippen LogP contribution in [-0.2, 0) is 14.3 Å². The molecule has 2 unspecified atom stereocenters. The lowest BCUT2D eigenvalue weighted by Crippen LogP contribution is -2.33. The maximum atomic E-state index is 11.8. The third-order valence-electron chi connectivity index (χ3n) is 4.02. The van der Waals surface area contributed by atoms with E-state index in [1.54, 1.807) is 6.92 Å². The predicted octanol–water partition coefficient (Wildman–Crippen LogP) is 3.21. The molecule has 1 aliphatic rings. The van der Waals surface area contributed by atoms with Gasteiger partial charge in [-0.15, -0.1) is 0 Å². The molecular weight excluding hydrogens is 242 g/mol. The fraction of sp³-hybridized carbons (Fsp3) is 0.800. The maximum Gasteiger partial charge on any atom is 0.320 e. The van der Waals surface area contributed by atoms with Crippen LogP contribution in [0.15, 0.2) is 0 Å². The fourth-order valence-electron chi connectivity index (χ4n) is 3.21. The van der Waals surface area contributed by atoms with E-state index in [0.717, 1.165) is 6.42 Å². The Bertz CT molecular complexity index is 435. The van der Waals surface area contributed by atoms with Gasteiger partial charge in [0.1, 0.15) is 0 Å². The van der Waals surface area contributed by atoms with Crippen LogP contribution in [-0.4, -0.2) is 11.9 Å². The Balaban J connectivity index is 2.83. The van der Waals surface area contributed by atoms with Crippen molar-refractivity contribution in [3.8, 4) is 6.07 Å². The molecule has 0 aromatic rings. The molecule has 0 amide bonds. The zero-order chi connectivity index (χ0) is 14.9. The maximum absolute atomic E-state index is 11.8. The third-order valence-corrected chi connectivity index (χ3v) is 4.02. The number of esters is 2. The Morgan fingerprint density at radius 2 is 1.95 bits per heavy atom. The Morgan fingerprint density at radius 1 is 1.37 bits per heavy atom. The highest BCUT2D eigenvalue weighted by Crippen LogP contribution is 2.46. The van der Waals surface area contributed by atoms with Crippen LogP contribution in [0.1, 0.15) is 60.3 Å². The lowest BCUT2D eigenvalue weighted by molar-refractivity contribution is -0.155. The molecule has 0 bridgehead atoms. The van der Waals surface area contributed by atoms with Crippen LogP contribution in [0.4, 0.5) is 0 Å². The Labute approximate surface area is 115 Å². The van der Waals surface area contributed by atoms with E-state index in [1.165, 1.54) is 0 Å². The summed E-state index contributed by atoms with van der Waals surface area (Å²) in [6.45, 7) is 9.79. The second-order valence-corrected chi connectivity index (χ2v) is 7.04. The Hall–Kier alpha value is -1.37.